The molecule has 0 radical (unpaired) electrons. The number of hydrogen-bond acceptors (Lipinski definition) is 9. The maximum absolute atomic E-state index is 13.8. The van der Waals surface area contributed by atoms with E-state index < -0.39 is 51.3 Å². The van der Waals surface area contributed by atoms with Crippen LogP contribution in [-0.2, 0) is 65.2 Å². The van der Waals surface area contributed by atoms with Crippen molar-refractivity contribution in [1.82, 2.24) is 25.5 Å². The minimum absolute atomic E-state index is 0.0994. The molecule has 14 heteroatoms. The molecule has 3 rings (SSSR count). The Hall–Kier alpha value is -4.20. The van der Waals surface area contributed by atoms with E-state index in [9.17, 15) is 24.0 Å². The molecule has 0 aliphatic heterocycles. The fraction of sp³-hybridized carbons (Fsp3) is 0.394. The molecular formula is C33H44CuN8O5. The Morgan fingerprint density at radius 3 is 1.87 bits per heavy atom. The van der Waals surface area contributed by atoms with Gasteiger partial charge in [0, 0.05) is 18.9 Å². The zero-order valence-corrected chi connectivity index (χ0v) is 27.3. The van der Waals surface area contributed by atoms with Crippen LogP contribution in [-0.4, -0.2) is 73.9 Å². The minimum atomic E-state index is -1.12. The summed E-state index contributed by atoms with van der Waals surface area (Å²) in [5, 5.41) is 8.29. The molecule has 0 aliphatic rings. The second-order valence-corrected chi connectivity index (χ2v) is 12.2. The molecule has 47 heavy (non-hydrogen) atoms. The maximum atomic E-state index is 13.8. The molecule has 4 atom stereocenters. The topological polar surface area (TPSA) is 217 Å². The van der Waals surface area contributed by atoms with Crippen molar-refractivity contribution in [2.24, 2.45) is 24.2 Å². The number of unbranched alkanes of at least 4 members (excludes halogenated alkanes) is 1. The summed E-state index contributed by atoms with van der Waals surface area (Å²) in [7, 11) is 1.79. The van der Waals surface area contributed by atoms with Crippen molar-refractivity contribution < 1.29 is 38.9 Å². The van der Waals surface area contributed by atoms with E-state index in [1.54, 1.807) is 48.4 Å². The molecule has 0 saturated carbocycles. The van der Waals surface area contributed by atoms with Crippen molar-refractivity contribution in [3.05, 3.63) is 90.0 Å². The number of benzene rings is 2. The normalized spacial score (nSPS) is 13.6. The fourth-order valence-corrected chi connectivity index (χ4v) is 5.42. The quantitative estimate of drug-likeness (QED) is 0.0659. The number of nitrogens with one attached hydrogen (secondary N) is 3. The van der Waals surface area contributed by atoms with E-state index in [1.807, 2.05) is 36.4 Å². The first-order chi connectivity index (χ1) is 22.6. The number of aryl methyl sites for hydroxylation is 1. The summed E-state index contributed by atoms with van der Waals surface area (Å²) in [4.78, 5) is 69.9. The van der Waals surface area contributed by atoms with Gasteiger partial charge in [-0.2, -0.15) is 0 Å². The number of carbonyl (C=O) groups excluding carboxylic acids is 5. The van der Waals surface area contributed by atoms with Gasteiger partial charge in [-0.15, -0.1) is 0 Å². The third-order valence-electron chi connectivity index (χ3n) is 7.33. The van der Waals surface area contributed by atoms with Gasteiger partial charge in [-0.05, 0) is 0 Å². The molecule has 0 spiro atoms. The van der Waals surface area contributed by atoms with Gasteiger partial charge in [0.25, 0.3) is 0 Å². The fourth-order valence-electron chi connectivity index (χ4n) is 4.73. The van der Waals surface area contributed by atoms with Crippen LogP contribution in [0.25, 0.3) is 0 Å². The van der Waals surface area contributed by atoms with Gasteiger partial charge in [0.15, 0.2) is 0 Å². The Labute approximate surface area is 281 Å². The predicted molar refractivity (Wildman–Crippen MR) is 173 cm³/mol. The van der Waals surface area contributed by atoms with Crippen molar-refractivity contribution >= 4 is 27.1 Å². The van der Waals surface area contributed by atoms with E-state index >= 15 is 0 Å². The number of nitrogens with zero attached hydrogens (tertiary/aromatic N) is 2. The van der Waals surface area contributed by atoms with Crippen LogP contribution in [0.15, 0.2) is 73.2 Å². The van der Waals surface area contributed by atoms with E-state index in [0.29, 0.717) is 34.3 Å². The summed E-state index contributed by atoms with van der Waals surface area (Å²) < 4.78 is 0.629. The third kappa shape index (κ3) is 12.5. The van der Waals surface area contributed by atoms with Crippen LogP contribution in [0.2, 0.25) is 0 Å². The molecule has 1 aromatic heterocycles. The summed E-state index contributed by atoms with van der Waals surface area (Å²) >= 11 is 0.556. The Kier molecular flexibility index (Phi) is 15.4. The second kappa shape index (κ2) is 19.5. The van der Waals surface area contributed by atoms with Crippen molar-refractivity contribution in [2.75, 3.05) is 13.1 Å². The summed E-state index contributed by atoms with van der Waals surface area (Å²) in [6.45, 7) is 0.0655. The van der Waals surface area contributed by atoms with Gasteiger partial charge in [-0.25, -0.2) is 4.98 Å². The Morgan fingerprint density at radius 1 is 0.766 bits per heavy atom. The molecule has 0 aliphatic carbocycles. The first-order valence-corrected chi connectivity index (χ1v) is 16.3. The molecule has 0 unspecified atom stereocenters. The Balaban J connectivity index is 1.82. The van der Waals surface area contributed by atoms with Crippen molar-refractivity contribution in [3.8, 4) is 0 Å². The van der Waals surface area contributed by atoms with E-state index in [4.69, 9.17) is 17.2 Å². The van der Waals surface area contributed by atoms with Crippen molar-refractivity contribution in [3.63, 3.8) is 0 Å². The van der Waals surface area contributed by atoms with Gasteiger partial charge in [0.2, 0.25) is 0 Å². The van der Waals surface area contributed by atoms with E-state index in [1.165, 1.54) is 0 Å². The number of imidazole rings is 1. The number of amides is 3. The molecule has 3 aromatic rings. The molecule has 0 saturated heterocycles. The molecule has 9 N–H and O–H groups in total. The van der Waals surface area contributed by atoms with Crippen molar-refractivity contribution in [2.45, 2.75) is 62.7 Å². The molecular weight excluding hydrogens is 652 g/mol. The molecule has 1 heterocycles. The van der Waals surface area contributed by atoms with Gasteiger partial charge in [0.1, 0.15) is 0 Å². The van der Waals surface area contributed by atoms with Crippen LogP contribution in [0, 0.1) is 0 Å². The van der Waals surface area contributed by atoms with Gasteiger partial charge >= 0.3 is 241 Å². The molecule has 3 amide bonds. The molecule has 2 aromatic carbocycles. The van der Waals surface area contributed by atoms with E-state index in [0.717, 1.165) is 16.8 Å². The average molecular weight is 696 g/mol. The summed E-state index contributed by atoms with van der Waals surface area (Å²) in [6, 6.07) is 13.9. The Morgan fingerprint density at radius 2 is 1.32 bits per heavy atom. The summed E-state index contributed by atoms with van der Waals surface area (Å²) in [6.07, 6.45) is 5.07. The summed E-state index contributed by atoms with van der Waals surface area (Å²) in [5.74, 6) is -1.74. The van der Waals surface area contributed by atoms with Crippen molar-refractivity contribution in [1.29, 1.82) is 0 Å². The summed E-state index contributed by atoms with van der Waals surface area (Å²) in [5.41, 5.74) is 19.6. The molecule has 0 bridgehead atoms. The number of nitrogens with two attached hydrogens (primary N) is 3. The second-order valence-electron chi connectivity index (χ2n) is 11.0. The number of aromatic nitrogens is 2. The van der Waals surface area contributed by atoms with E-state index in [2.05, 4.69) is 20.9 Å². The molecule has 0 fully saturated rings. The standard InChI is InChI=1S/C31H40N7O4.C2H4NO.Cu/c1-38-21-34-19-25(38)18-26(33)29(40)36-27(14-8-9-15-32)30(41)37-28(17-23-12-6-3-7-13-23)31(42)35-24(20-39)16-22-10-4-2-5-11-22;3-1-2-4;/h2-7,10-13,19,21,24,26-28H,8-9,14-18,32-33H2,1H3,(H,35,42)(H,36,40)(H,37,41);1,3H2;/t24-,26-,27-,28-;;/m0../s1. The number of rotatable bonds is 20. The predicted octanol–water partition coefficient (Wildman–Crippen LogP) is -0.547. The number of hydrogen-bond donors (Lipinski definition) is 6. The van der Waals surface area contributed by atoms with Crippen LogP contribution in [0.1, 0.15) is 36.1 Å². The van der Waals surface area contributed by atoms with Crippen LogP contribution in [0.5, 0.6) is 0 Å². The third-order valence-corrected chi connectivity index (χ3v) is 8.34. The zero-order valence-electron chi connectivity index (χ0n) is 26.4. The van der Waals surface area contributed by atoms with Gasteiger partial charge in [-0.3, -0.25) is 0 Å². The van der Waals surface area contributed by atoms with E-state index in [-0.39, 0.29) is 32.2 Å². The van der Waals surface area contributed by atoms with Crippen LogP contribution in [0.4, 0.5) is 0 Å². The van der Waals surface area contributed by atoms with Gasteiger partial charge in [0.05, 0.1) is 6.33 Å². The van der Waals surface area contributed by atoms with Crippen LogP contribution < -0.4 is 33.2 Å². The van der Waals surface area contributed by atoms with Gasteiger partial charge in [-0.1, -0.05) is 0 Å². The zero-order chi connectivity index (χ0) is 34.2. The Bertz CT molecular complexity index is 1470. The first-order valence-electron chi connectivity index (χ1n) is 15.3. The average Bonchev–Trinajstić information content (AvgIpc) is 3.47. The SMILES string of the molecule is Cn1cncc1C[C@H](N)C(=O)N[C@@H](CCCCN)C(=O)N[C@@H](Cc1ccccc1)C(=O)N[C@@H](Cc1ccccc1)[C](=O)[Cu][C](=O)CN. The van der Waals surface area contributed by atoms with Crippen LogP contribution in [0.3, 0.4) is 0 Å². The first kappa shape index (κ1) is 37.3. The van der Waals surface area contributed by atoms with Crippen LogP contribution >= 0.6 is 0 Å². The molecule has 13 nitrogen and oxygen atoms in total. The van der Waals surface area contributed by atoms with Gasteiger partial charge < -0.3 is 10.3 Å². The molecule has 257 valence electrons. The monoisotopic (exact) mass is 695 g/mol. The number of carbonyl (C=O) groups is 5.